The van der Waals surface area contributed by atoms with E-state index in [0.717, 1.165) is 6.42 Å². The summed E-state index contributed by atoms with van der Waals surface area (Å²) in [5, 5.41) is 20.3. The molecule has 8 N–H and O–H groups in total. The van der Waals surface area contributed by atoms with Gasteiger partial charge in [-0.1, -0.05) is 6.42 Å². The summed E-state index contributed by atoms with van der Waals surface area (Å²) in [6.45, 7) is 0. The van der Waals surface area contributed by atoms with Crippen LogP contribution in [0.25, 0.3) is 0 Å². The monoisotopic (exact) mass is 394 g/mol. The number of anilines is 2. The Bertz CT molecular complexity index is 802. The maximum Gasteiger partial charge on any atom is 0.224 e. The van der Waals surface area contributed by atoms with E-state index in [-0.39, 0.29) is 23.5 Å². The Kier molecular flexibility index (Phi) is 7.90. The number of rotatable bonds is 10. The molecule has 0 saturated heterocycles. The van der Waals surface area contributed by atoms with Crippen LogP contribution in [0.3, 0.4) is 0 Å². The average Bonchev–Trinajstić information content (AvgIpc) is 2.68. The molecule has 0 aliphatic carbocycles. The summed E-state index contributed by atoms with van der Waals surface area (Å²) in [6, 6.07) is 13.6. The van der Waals surface area contributed by atoms with Gasteiger partial charge in [-0.2, -0.15) is 0 Å². The lowest BCUT2D eigenvalue weighted by molar-refractivity contribution is -0.116. The van der Waals surface area contributed by atoms with Crippen LogP contribution < -0.4 is 22.1 Å². The largest absolute Gasteiger partial charge is 0.384 e. The highest BCUT2D eigenvalue weighted by molar-refractivity contribution is 5.97. The number of carbonyl (C=O) groups excluding carboxylic acids is 2. The Balaban J connectivity index is 1.62. The molecule has 0 aliphatic rings. The minimum absolute atomic E-state index is 0.0139. The van der Waals surface area contributed by atoms with Gasteiger partial charge in [0.1, 0.15) is 11.7 Å². The van der Waals surface area contributed by atoms with Crippen LogP contribution in [0.5, 0.6) is 0 Å². The summed E-state index contributed by atoms with van der Waals surface area (Å²) < 4.78 is 0. The molecule has 0 aromatic heterocycles. The SMILES string of the molecule is N=C(N)c1ccc(NC(=O)CCCCCC(=O)Nc2ccc(C(=N)N)cc2)cc1. The molecular formula is C21H26N6O2. The lowest BCUT2D eigenvalue weighted by Crippen LogP contribution is -2.13. The third-order valence-corrected chi connectivity index (χ3v) is 4.27. The topological polar surface area (TPSA) is 158 Å². The van der Waals surface area contributed by atoms with Gasteiger partial charge in [-0.3, -0.25) is 20.4 Å². The molecule has 0 saturated carbocycles. The van der Waals surface area contributed by atoms with Crippen molar-refractivity contribution >= 4 is 34.9 Å². The molecule has 8 nitrogen and oxygen atoms in total. The lowest BCUT2D eigenvalue weighted by Gasteiger charge is -2.07. The van der Waals surface area contributed by atoms with Crippen LogP contribution in [-0.2, 0) is 9.59 Å². The molecular weight excluding hydrogens is 368 g/mol. The first kappa shape index (κ1) is 21.6. The maximum atomic E-state index is 12.0. The van der Waals surface area contributed by atoms with Gasteiger partial charge in [0.2, 0.25) is 11.8 Å². The van der Waals surface area contributed by atoms with Crippen LogP contribution in [0.1, 0.15) is 43.2 Å². The molecule has 0 unspecified atom stereocenters. The van der Waals surface area contributed by atoms with Crippen molar-refractivity contribution in [3.05, 3.63) is 59.7 Å². The zero-order valence-electron chi connectivity index (χ0n) is 16.1. The second-order valence-corrected chi connectivity index (χ2v) is 6.64. The number of carbonyl (C=O) groups is 2. The number of benzene rings is 2. The van der Waals surface area contributed by atoms with Gasteiger partial charge in [0.05, 0.1) is 0 Å². The van der Waals surface area contributed by atoms with Gasteiger partial charge in [-0.15, -0.1) is 0 Å². The van der Waals surface area contributed by atoms with Crippen LogP contribution in [0, 0.1) is 10.8 Å². The quantitative estimate of drug-likeness (QED) is 0.208. The molecule has 0 radical (unpaired) electrons. The maximum absolute atomic E-state index is 12.0. The van der Waals surface area contributed by atoms with Gasteiger partial charge in [0.25, 0.3) is 0 Å². The van der Waals surface area contributed by atoms with Crippen LogP contribution in [0.15, 0.2) is 48.5 Å². The van der Waals surface area contributed by atoms with Crippen LogP contribution in [-0.4, -0.2) is 23.5 Å². The zero-order chi connectivity index (χ0) is 21.2. The van der Waals surface area contributed by atoms with Gasteiger partial charge >= 0.3 is 0 Å². The van der Waals surface area contributed by atoms with E-state index in [2.05, 4.69) is 10.6 Å². The van der Waals surface area contributed by atoms with E-state index >= 15 is 0 Å². The van der Waals surface area contributed by atoms with E-state index in [1.54, 1.807) is 48.5 Å². The van der Waals surface area contributed by atoms with Gasteiger partial charge in [0.15, 0.2) is 0 Å². The van der Waals surface area contributed by atoms with Crippen molar-refractivity contribution in [3.8, 4) is 0 Å². The van der Waals surface area contributed by atoms with Crippen LogP contribution in [0.2, 0.25) is 0 Å². The van der Waals surface area contributed by atoms with E-state index in [1.165, 1.54) is 0 Å². The third-order valence-electron chi connectivity index (χ3n) is 4.27. The summed E-state index contributed by atoms with van der Waals surface area (Å²) in [5.41, 5.74) is 13.3. The van der Waals surface area contributed by atoms with Crippen LogP contribution in [0.4, 0.5) is 11.4 Å². The first-order chi connectivity index (χ1) is 13.8. The van der Waals surface area contributed by atoms with Crippen molar-refractivity contribution in [2.75, 3.05) is 10.6 Å². The first-order valence-corrected chi connectivity index (χ1v) is 9.34. The first-order valence-electron chi connectivity index (χ1n) is 9.34. The number of amidine groups is 2. The molecule has 2 aromatic rings. The number of nitrogens with one attached hydrogen (secondary N) is 4. The van der Waals surface area contributed by atoms with Gasteiger partial charge in [-0.25, -0.2) is 0 Å². The fourth-order valence-electron chi connectivity index (χ4n) is 2.66. The summed E-state index contributed by atoms with van der Waals surface area (Å²) in [5.74, 6) is -0.203. The summed E-state index contributed by atoms with van der Waals surface area (Å²) >= 11 is 0. The second kappa shape index (κ2) is 10.6. The normalized spacial score (nSPS) is 10.2. The molecule has 29 heavy (non-hydrogen) atoms. The molecule has 0 spiro atoms. The lowest BCUT2D eigenvalue weighted by atomic mass is 10.1. The van der Waals surface area contributed by atoms with Gasteiger partial charge in [0, 0.05) is 35.3 Å². The number of hydrogen-bond acceptors (Lipinski definition) is 4. The highest BCUT2D eigenvalue weighted by Crippen LogP contribution is 2.12. The van der Waals surface area contributed by atoms with Crippen molar-refractivity contribution in [2.45, 2.75) is 32.1 Å². The highest BCUT2D eigenvalue weighted by Gasteiger charge is 2.06. The van der Waals surface area contributed by atoms with E-state index in [0.29, 0.717) is 48.2 Å². The Labute approximate surface area is 169 Å². The number of hydrogen-bond donors (Lipinski definition) is 6. The number of unbranched alkanes of at least 4 members (excludes halogenated alkanes) is 2. The Hall–Kier alpha value is -3.68. The van der Waals surface area contributed by atoms with E-state index < -0.39 is 0 Å². The fraction of sp³-hybridized carbons (Fsp3) is 0.238. The summed E-state index contributed by atoms with van der Waals surface area (Å²) in [7, 11) is 0. The van der Waals surface area contributed by atoms with Gasteiger partial charge in [-0.05, 0) is 61.4 Å². The van der Waals surface area contributed by atoms with Crippen molar-refractivity contribution in [1.29, 1.82) is 10.8 Å². The minimum atomic E-state index is -0.0874. The van der Waals surface area contributed by atoms with E-state index in [4.69, 9.17) is 22.3 Å². The number of nitrogens with two attached hydrogens (primary N) is 2. The zero-order valence-corrected chi connectivity index (χ0v) is 16.1. The van der Waals surface area contributed by atoms with Crippen molar-refractivity contribution < 1.29 is 9.59 Å². The molecule has 2 rings (SSSR count). The van der Waals surface area contributed by atoms with Crippen LogP contribution >= 0.6 is 0 Å². The average molecular weight is 394 g/mol. The highest BCUT2D eigenvalue weighted by atomic mass is 16.2. The predicted octanol–water partition coefficient (Wildman–Crippen LogP) is 2.78. The molecule has 0 bridgehead atoms. The molecule has 0 aliphatic heterocycles. The fourth-order valence-corrected chi connectivity index (χ4v) is 2.66. The minimum Gasteiger partial charge on any atom is -0.384 e. The Morgan fingerprint density at radius 2 is 1.00 bits per heavy atom. The molecule has 152 valence electrons. The van der Waals surface area contributed by atoms with E-state index in [1.807, 2.05) is 0 Å². The number of nitrogen functional groups attached to an aromatic ring is 2. The molecule has 0 atom stereocenters. The summed E-state index contributed by atoms with van der Waals surface area (Å²) in [4.78, 5) is 23.9. The smallest absolute Gasteiger partial charge is 0.224 e. The molecule has 0 heterocycles. The molecule has 0 fully saturated rings. The third kappa shape index (κ3) is 7.45. The van der Waals surface area contributed by atoms with Gasteiger partial charge < -0.3 is 22.1 Å². The standard InChI is InChI=1S/C21H26N6O2/c22-20(23)14-6-10-16(11-7-14)26-18(28)4-2-1-3-5-19(29)27-17-12-8-15(9-13-17)21(24)25/h6-13H,1-5H2,(H3,22,23)(H3,24,25)(H,26,28)(H,27,29). The number of amides is 2. The Morgan fingerprint density at radius 3 is 1.31 bits per heavy atom. The Morgan fingerprint density at radius 1 is 0.655 bits per heavy atom. The predicted molar refractivity (Wildman–Crippen MR) is 115 cm³/mol. The summed E-state index contributed by atoms with van der Waals surface area (Å²) in [6.07, 6.45) is 2.91. The van der Waals surface area contributed by atoms with Crippen molar-refractivity contribution in [1.82, 2.24) is 0 Å². The molecule has 8 heteroatoms. The molecule has 2 amide bonds. The van der Waals surface area contributed by atoms with Crippen molar-refractivity contribution in [3.63, 3.8) is 0 Å². The second-order valence-electron chi connectivity index (χ2n) is 6.64. The van der Waals surface area contributed by atoms with Crippen molar-refractivity contribution in [2.24, 2.45) is 11.5 Å². The molecule has 2 aromatic carbocycles. The van der Waals surface area contributed by atoms with E-state index in [9.17, 15) is 9.59 Å².